The molecule has 1 heterocycles. The molecule has 0 amide bonds. The van der Waals surface area contributed by atoms with E-state index in [-0.39, 0.29) is 0 Å². The van der Waals surface area contributed by atoms with Crippen molar-refractivity contribution in [1.82, 2.24) is 4.90 Å². The molecule has 1 saturated carbocycles. The normalized spacial score (nSPS) is 20.4. The van der Waals surface area contributed by atoms with E-state index in [1.807, 2.05) is 6.07 Å². The fourth-order valence-electron chi connectivity index (χ4n) is 4.03. The second-order valence-corrected chi connectivity index (χ2v) is 7.01. The van der Waals surface area contributed by atoms with Gasteiger partial charge in [0.05, 0.1) is 0 Å². The van der Waals surface area contributed by atoms with Gasteiger partial charge >= 0.3 is 0 Å². The first-order valence-electron chi connectivity index (χ1n) is 9.18. The molecule has 0 radical (unpaired) electrons. The first-order valence-corrected chi connectivity index (χ1v) is 9.18. The zero-order valence-corrected chi connectivity index (χ0v) is 13.8. The number of anilines is 2. The van der Waals surface area contributed by atoms with Crippen LogP contribution in [0.2, 0.25) is 0 Å². The number of likely N-dealkylation sites (tertiary alicyclic amines) is 1. The summed E-state index contributed by atoms with van der Waals surface area (Å²) >= 11 is 0. The van der Waals surface area contributed by atoms with Crippen molar-refractivity contribution in [2.24, 2.45) is 0 Å². The quantitative estimate of drug-likeness (QED) is 0.611. The Balaban J connectivity index is 1.55. The van der Waals surface area contributed by atoms with Crippen LogP contribution in [0.5, 0.6) is 0 Å². The minimum absolute atomic E-state index is 0.707. The smallest absolute Gasteiger partial charge is 0.0377 e. The Bertz CT molecular complexity index is 460. The van der Waals surface area contributed by atoms with Crippen LogP contribution in [-0.4, -0.2) is 31.1 Å². The number of nitrogen functional groups attached to an aromatic ring is 1. The molecule has 0 bridgehead atoms. The Morgan fingerprint density at radius 1 is 1.05 bits per heavy atom. The minimum Gasteiger partial charge on any atom is -0.399 e. The lowest BCUT2D eigenvalue weighted by molar-refractivity contribution is 0.337. The molecule has 1 aliphatic heterocycles. The van der Waals surface area contributed by atoms with Gasteiger partial charge in [-0.1, -0.05) is 19.3 Å². The van der Waals surface area contributed by atoms with Crippen LogP contribution in [0.3, 0.4) is 0 Å². The fraction of sp³-hybridized carbons (Fsp3) is 0.684. The highest BCUT2D eigenvalue weighted by Crippen LogP contribution is 2.37. The van der Waals surface area contributed by atoms with Gasteiger partial charge < -0.3 is 16.0 Å². The number of nitrogens with two attached hydrogens (primary N) is 1. The molecule has 2 fully saturated rings. The van der Waals surface area contributed by atoms with Crippen molar-refractivity contribution >= 4 is 11.4 Å². The molecule has 3 nitrogen and oxygen atoms in total. The lowest BCUT2D eigenvalue weighted by Crippen LogP contribution is -2.22. The Hall–Kier alpha value is -1.22. The summed E-state index contributed by atoms with van der Waals surface area (Å²) < 4.78 is 0. The van der Waals surface area contributed by atoms with Gasteiger partial charge in [0.1, 0.15) is 0 Å². The van der Waals surface area contributed by atoms with Crippen molar-refractivity contribution in [2.75, 3.05) is 37.2 Å². The first kappa shape index (κ1) is 15.7. The number of hydrogen-bond acceptors (Lipinski definition) is 3. The summed E-state index contributed by atoms with van der Waals surface area (Å²) in [6, 6.07) is 6.43. The van der Waals surface area contributed by atoms with E-state index in [1.165, 1.54) is 82.3 Å². The van der Waals surface area contributed by atoms with Crippen LogP contribution in [-0.2, 0) is 0 Å². The predicted molar refractivity (Wildman–Crippen MR) is 95.5 cm³/mol. The summed E-state index contributed by atoms with van der Waals surface area (Å²) in [5, 5.41) is 3.68. The van der Waals surface area contributed by atoms with Crippen molar-refractivity contribution in [3.8, 4) is 0 Å². The highest BCUT2D eigenvalue weighted by atomic mass is 15.1. The zero-order valence-electron chi connectivity index (χ0n) is 13.8. The molecule has 0 atom stereocenters. The van der Waals surface area contributed by atoms with Gasteiger partial charge in [-0.15, -0.1) is 0 Å². The van der Waals surface area contributed by atoms with Crippen LogP contribution in [0.15, 0.2) is 18.2 Å². The van der Waals surface area contributed by atoms with E-state index in [9.17, 15) is 0 Å². The SMILES string of the molecule is Nc1ccc(NCCCN2CCCC2)c(C2CCCCC2)c1. The molecule has 1 aromatic carbocycles. The van der Waals surface area contributed by atoms with Crippen molar-refractivity contribution in [1.29, 1.82) is 0 Å². The third-order valence-corrected chi connectivity index (χ3v) is 5.29. The molecular weight excluding hydrogens is 270 g/mol. The minimum atomic E-state index is 0.707. The summed E-state index contributed by atoms with van der Waals surface area (Å²) in [6.45, 7) is 4.91. The largest absolute Gasteiger partial charge is 0.399 e. The number of nitrogens with one attached hydrogen (secondary N) is 1. The monoisotopic (exact) mass is 301 g/mol. The number of rotatable bonds is 6. The topological polar surface area (TPSA) is 41.3 Å². The van der Waals surface area contributed by atoms with Crippen LogP contribution in [0.1, 0.15) is 62.8 Å². The highest BCUT2D eigenvalue weighted by molar-refractivity contribution is 5.59. The van der Waals surface area contributed by atoms with E-state index in [2.05, 4.69) is 22.3 Å². The molecule has 2 aliphatic rings. The third-order valence-electron chi connectivity index (χ3n) is 5.29. The molecule has 0 spiro atoms. The summed E-state index contributed by atoms with van der Waals surface area (Å²) in [4.78, 5) is 2.59. The predicted octanol–water partition coefficient (Wildman–Crippen LogP) is 4.21. The third kappa shape index (κ3) is 4.16. The van der Waals surface area contributed by atoms with Crippen LogP contribution in [0, 0.1) is 0 Å². The standard InChI is InChI=1S/C19H31N3/c20-17-9-10-19(18(15-17)16-7-2-1-3-8-16)21-11-6-14-22-12-4-5-13-22/h9-10,15-16,21H,1-8,11-14,20H2. The molecule has 1 saturated heterocycles. The van der Waals surface area contributed by atoms with E-state index in [0.717, 1.165) is 12.2 Å². The second-order valence-electron chi connectivity index (χ2n) is 7.01. The van der Waals surface area contributed by atoms with E-state index in [1.54, 1.807) is 0 Å². The van der Waals surface area contributed by atoms with Gasteiger partial charge in [0, 0.05) is 17.9 Å². The van der Waals surface area contributed by atoms with Crippen LogP contribution < -0.4 is 11.1 Å². The van der Waals surface area contributed by atoms with Crippen LogP contribution in [0.4, 0.5) is 11.4 Å². The second kappa shape index (κ2) is 7.87. The van der Waals surface area contributed by atoms with E-state index in [4.69, 9.17) is 5.73 Å². The molecule has 3 rings (SSSR count). The van der Waals surface area contributed by atoms with Gasteiger partial charge in [0.2, 0.25) is 0 Å². The Morgan fingerprint density at radius 2 is 1.82 bits per heavy atom. The molecule has 122 valence electrons. The molecule has 0 aromatic heterocycles. The number of benzene rings is 1. The number of nitrogens with zero attached hydrogens (tertiary/aromatic N) is 1. The van der Waals surface area contributed by atoms with Gasteiger partial charge in [-0.2, -0.15) is 0 Å². The summed E-state index contributed by atoms with van der Waals surface area (Å²) in [5.74, 6) is 0.707. The maximum absolute atomic E-state index is 6.04. The van der Waals surface area contributed by atoms with Gasteiger partial charge in [0.15, 0.2) is 0 Å². The van der Waals surface area contributed by atoms with E-state index >= 15 is 0 Å². The van der Waals surface area contributed by atoms with Crippen molar-refractivity contribution < 1.29 is 0 Å². The Kier molecular flexibility index (Phi) is 5.60. The molecule has 1 aliphatic carbocycles. The van der Waals surface area contributed by atoms with Gasteiger partial charge in [-0.3, -0.25) is 0 Å². The molecule has 3 N–H and O–H groups in total. The highest BCUT2D eigenvalue weighted by Gasteiger charge is 2.18. The Morgan fingerprint density at radius 3 is 2.59 bits per heavy atom. The average molecular weight is 301 g/mol. The lowest BCUT2D eigenvalue weighted by atomic mass is 9.83. The number of hydrogen-bond donors (Lipinski definition) is 2. The molecule has 0 unspecified atom stereocenters. The molecule has 22 heavy (non-hydrogen) atoms. The Labute approximate surface area is 135 Å². The maximum Gasteiger partial charge on any atom is 0.0377 e. The average Bonchev–Trinajstić information content (AvgIpc) is 3.07. The van der Waals surface area contributed by atoms with E-state index in [0.29, 0.717) is 5.92 Å². The lowest BCUT2D eigenvalue weighted by Gasteiger charge is -2.25. The summed E-state index contributed by atoms with van der Waals surface area (Å²) in [6.07, 6.45) is 10.8. The fourth-order valence-corrected chi connectivity index (χ4v) is 4.03. The van der Waals surface area contributed by atoms with Gasteiger partial charge in [0.25, 0.3) is 0 Å². The van der Waals surface area contributed by atoms with Gasteiger partial charge in [-0.05, 0) is 81.4 Å². The van der Waals surface area contributed by atoms with Crippen molar-refractivity contribution in [3.05, 3.63) is 23.8 Å². The summed E-state index contributed by atoms with van der Waals surface area (Å²) in [5.41, 5.74) is 9.72. The van der Waals surface area contributed by atoms with Crippen LogP contribution >= 0.6 is 0 Å². The summed E-state index contributed by atoms with van der Waals surface area (Å²) in [7, 11) is 0. The van der Waals surface area contributed by atoms with Crippen LogP contribution in [0.25, 0.3) is 0 Å². The van der Waals surface area contributed by atoms with E-state index < -0.39 is 0 Å². The van der Waals surface area contributed by atoms with Gasteiger partial charge in [-0.25, -0.2) is 0 Å². The molecular formula is C19H31N3. The molecule has 3 heteroatoms. The van der Waals surface area contributed by atoms with Crippen molar-refractivity contribution in [3.63, 3.8) is 0 Å². The van der Waals surface area contributed by atoms with Crippen molar-refractivity contribution in [2.45, 2.75) is 57.3 Å². The maximum atomic E-state index is 6.04. The first-order chi connectivity index (χ1) is 10.8. The molecule has 1 aromatic rings. The zero-order chi connectivity index (χ0) is 15.2.